The number of carbonyl (C=O) groups is 1. The van der Waals surface area contributed by atoms with Gasteiger partial charge in [0.15, 0.2) is 11.0 Å². The summed E-state index contributed by atoms with van der Waals surface area (Å²) in [5, 5.41) is 11.0. The summed E-state index contributed by atoms with van der Waals surface area (Å²) in [5.41, 5.74) is 5.15. The summed E-state index contributed by atoms with van der Waals surface area (Å²) in [6.07, 6.45) is 0. The third kappa shape index (κ3) is 3.55. The highest BCUT2D eigenvalue weighted by atomic mass is 32.2. The number of primary amides is 1. The van der Waals surface area contributed by atoms with Crippen LogP contribution in [-0.2, 0) is 16.1 Å². The van der Waals surface area contributed by atoms with E-state index in [1.54, 1.807) is 18.4 Å². The summed E-state index contributed by atoms with van der Waals surface area (Å²) < 4.78 is 7.04. The Morgan fingerprint density at radius 3 is 3.05 bits per heavy atom. The van der Waals surface area contributed by atoms with Crippen LogP contribution in [0.4, 0.5) is 0 Å². The molecule has 0 aliphatic heterocycles. The number of ether oxygens (including phenoxy) is 1. The lowest BCUT2D eigenvalue weighted by atomic mass is 10.4. The van der Waals surface area contributed by atoms with Crippen LogP contribution in [0.25, 0.3) is 10.7 Å². The quantitative estimate of drug-likeness (QED) is 0.777. The smallest absolute Gasteiger partial charge is 0.227 e. The SMILES string of the molecule is COCCn1c(SCC(N)=O)nnc1-c1cccs1. The molecule has 0 aliphatic carbocycles. The van der Waals surface area contributed by atoms with Crippen LogP contribution in [-0.4, -0.2) is 40.1 Å². The highest BCUT2D eigenvalue weighted by Crippen LogP contribution is 2.26. The molecule has 0 spiro atoms. The molecule has 0 atom stereocenters. The molecular weight excluding hydrogens is 284 g/mol. The number of methoxy groups -OCH3 is 1. The van der Waals surface area contributed by atoms with E-state index < -0.39 is 0 Å². The number of thioether (sulfide) groups is 1. The second-order valence-corrected chi connectivity index (χ2v) is 5.57. The fraction of sp³-hybridized carbons (Fsp3) is 0.364. The first-order chi connectivity index (χ1) is 9.22. The summed E-state index contributed by atoms with van der Waals surface area (Å²) in [6.45, 7) is 1.19. The van der Waals surface area contributed by atoms with Crippen molar-refractivity contribution in [1.29, 1.82) is 0 Å². The van der Waals surface area contributed by atoms with Gasteiger partial charge < -0.3 is 10.5 Å². The minimum Gasteiger partial charge on any atom is -0.383 e. The van der Waals surface area contributed by atoms with E-state index in [1.165, 1.54) is 11.8 Å². The Hall–Kier alpha value is -1.38. The zero-order valence-electron chi connectivity index (χ0n) is 10.4. The summed E-state index contributed by atoms with van der Waals surface area (Å²) >= 11 is 2.88. The van der Waals surface area contributed by atoms with Crippen LogP contribution in [0.1, 0.15) is 0 Å². The Labute approximate surface area is 119 Å². The van der Waals surface area contributed by atoms with E-state index in [4.69, 9.17) is 10.5 Å². The van der Waals surface area contributed by atoms with Crippen molar-refractivity contribution < 1.29 is 9.53 Å². The molecule has 0 saturated carbocycles. The van der Waals surface area contributed by atoms with E-state index in [0.717, 1.165) is 10.7 Å². The highest BCUT2D eigenvalue weighted by Gasteiger charge is 2.15. The fourth-order valence-corrected chi connectivity index (χ4v) is 2.92. The molecule has 6 nitrogen and oxygen atoms in total. The topological polar surface area (TPSA) is 83.0 Å². The van der Waals surface area contributed by atoms with Crippen molar-refractivity contribution in [2.45, 2.75) is 11.7 Å². The van der Waals surface area contributed by atoms with Gasteiger partial charge in [0.25, 0.3) is 0 Å². The maximum Gasteiger partial charge on any atom is 0.227 e. The van der Waals surface area contributed by atoms with Crippen molar-refractivity contribution in [2.24, 2.45) is 5.73 Å². The number of hydrogen-bond donors (Lipinski definition) is 1. The van der Waals surface area contributed by atoms with Gasteiger partial charge in [-0.15, -0.1) is 21.5 Å². The Morgan fingerprint density at radius 1 is 1.58 bits per heavy atom. The van der Waals surface area contributed by atoms with Gasteiger partial charge in [-0.25, -0.2) is 0 Å². The van der Waals surface area contributed by atoms with Gasteiger partial charge in [-0.1, -0.05) is 17.8 Å². The van der Waals surface area contributed by atoms with Crippen LogP contribution in [0.5, 0.6) is 0 Å². The van der Waals surface area contributed by atoms with Gasteiger partial charge in [-0.3, -0.25) is 9.36 Å². The summed E-state index contributed by atoms with van der Waals surface area (Å²) in [5.74, 6) is 0.609. The van der Waals surface area contributed by atoms with E-state index in [1.807, 2.05) is 22.1 Å². The van der Waals surface area contributed by atoms with Crippen LogP contribution < -0.4 is 5.73 Å². The van der Waals surface area contributed by atoms with Gasteiger partial charge in [0.2, 0.25) is 5.91 Å². The van der Waals surface area contributed by atoms with Crippen molar-refractivity contribution >= 4 is 29.0 Å². The van der Waals surface area contributed by atoms with E-state index in [0.29, 0.717) is 18.3 Å². The average Bonchev–Trinajstić information content (AvgIpc) is 3.02. The predicted octanol–water partition coefficient (Wildman–Crippen LogP) is 1.23. The van der Waals surface area contributed by atoms with Gasteiger partial charge >= 0.3 is 0 Å². The number of nitrogens with zero attached hydrogens (tertiary/aromatic N) is 3. The molecule has 0 saturated heterocycles. The van der Waals surface area contributed by atoms with Gasteiger partial charge in [0.1, 0.15) is 0 Å². The molecular formula is C11H14N4O2S2. The van der Waals surface area contributed by atoms with Crippen LogP contribution in [0.2, 0.25) is 0 Å². The third-order valence-corrected chi connectivity index (χ3v) is 4.18. The molecule has 0 fully saturated rings. The Balaban J connectivity index is 2.25. The molecule has 0 aromatic carbocycles. The monoisotopic (exact) mass is 298 g/mol. The molecule has 2 aromatic heterocycles. The molecule has 102 valence electrons. The van der Waals surface area contributed by atoms with Crippen LogP contribution in [0.3, 0.4) is 0 Å². The van der Waals surface area contributed by atoms with Gasteiger partial charge in [0, 0.05) is 7.11 Å². The van der Waals surface area contributed by atoms with Crippen molar-refractivity contribution in [3.8, 4) is 10.7 Å². The summed E-state index contributed by atoms with van der Waals surface area (Å²) in [6, 6.07) is 3.95. The highest BCUT2D eigenvalue weighted by molar-refractivity contribution is 7.99. The van der Waals surface area contributed by atoms with E-state index in [2.05, 4.69) is 10.2 Å². The second-order valence-electron chi connectivity index (χ2n) is 3.68. The molecule has 2 heterocycles. The minimum atomic E-state index is -0.371. The van der Waals surface area contributed by atoms with Gasteiger partial charge in [-0.05, 0) is 11.4 Å². The number of amides is 1. The van der Waals surface area contributed by atoms with Crippen molar-refractivity contribution in [3.05, 3.63) is 17.5 Å². The number of aromatic nitrogens is 3. The molecule has 0 aliphatic rings. The van der Waals surface area contributed by atoms with Crippen LogP contribution in [0, 0.1) is 0 Å². The summed E-state index contributed by atoms with van der Waals surface area (Å²) in [4.78, 5) is 11.9. The Kier molecular flexibility index (Phi) is 4.94. The molecule has 0 unspecified atom stereocenters. The van der Waals surface area contributed by atoms with Crippen molar-refractivity contribution in [2.75, 3.05) is 19.5 Å². The first-order valence-electron chi connectivity index (χ1n) is 5.59. The maximum absolute atomic E-state index is 10.9. The maximum atomic E-state index is 10.9. The standard InChI is InChI=1S/C11H14N4O2S2/c1-17-5-4-15-10(8-3-2-6-18-8)13-14-11(15)19-7-9(12)16/h2-3,6H,4-5,7H2,1H3,(H2,12,16). The minimum absolute atomic E-state index is 0.190. The van der Waals surface area contributed by atoms with E-state index in [-0.39, 0.29) is 11.7 Å². The normalized spacial score (nSPS) is 10.8. The van der Waals surface area contributed by atoms with Crippen molar-refractivity contribution in [3.63, 3.8) is 0 Å². The lowest BCUT2D eigenvalue weighted by Gasteiger charge is -2.07. The molecule has 2 aromatic rings. The van der Waals surface area contributed by atoms with Crippen molar-refractivity contribution in [1.82, 2.24) is 14.8 Å². The van der Waals surface area contributed by atoms with Crippen LogP contribution in [0.15, 0.2) is 22.7 Å². The molecule has 0 radical (unpaired) electrons. The average molecular weight is 298 g/mol. The largest absolute Gasteiger partial charge is 0.383 e. The molecule has 2 N–H and O–H groups in total. The van der Waals surface area contributed by atoms with Gasteiger partial charge in [-0.2, -0.15) is 0 Å². The zero-order chi connectivity index (χ0) is 13.7. The first-order valence-corrected chi connectivity index (χ1v) is 7.46. The molecule has 1 amide bonds. The number of rotatable bonds is 7. The third-order valence-electron chi connectivity index (χ3n) is 2.32. The molecule has 2 rings (SSSR count). The lowest BCUT2D eigenvalue weighted by Crippen LogP contribution is -2.14. The Morgan fingerprint density at radius 2 is 2.42 bits per heavy atom. The molecule has 8 heteroatoms. The van der Waals surface area contributed by atoms with Crippen LogP contribution >= 0.6 is 23.1 Å². The number of thiophene rings is 1. The number of hydrogen-bond acceptors (Lipinski definition) is 6. The zero-order valence-corrected chi connectivity index (χ0v) is 12.0. The van der Waals surface area contributed by atoms with Gasteiger partial charge in [0.05, 0.1) is 23.8 Å². The Bertz CT molecular complexity index is 539. The fourth-order valence-electron chi connectivity index (χ4n) is 1.50. The number of nitrogens with two attached hydrogens (primary N) is 1. The number of carbonyl (C=O) groups excluding carboxylic acids is 1. The van der Waals surface area contributed by atoms with E-state index >= 15 is 0 Å². The first kappa shape index (κ1) is 14.0. The second kappa shape index (κ2) is 6.69. The molecule has 19 heavy (non-hydrogen) atoms. The molecule has 0 bridgehead atoms. The van der Waals surface area contributed by atoms with E-state index in [9.17, 15) is 4.79 Å². The predicted molar refractivity (Wildman–Crippen MR) is 75.1 cm³/mol. The summed E-state index contributed by atoms with van der Waals surface area (Å²) in [7, 11) is 1.64. The lowest BCUT2D eigenvalue weighted by molar-refractivity contribution is -0.115.